The summed E-state index contributed by atoms with van der Waals surface area (Å²) in [6, 6.07) is 13.6. The molecule has 1 aliphatic rings. The van der Waals surface area contributed by atoms with Gasteiger partial charge in [0.25, 0.3) is 5.91 Å². The number of methoxy groups -OCH3 is 1. The van der Waals surface area contributed by atoms with Crippen molar-refractivity contribution in [3.05, 3.63) is 59.2 Å². The van der Waals surface area contributed by atoms with Gasteiger partial charge in [0.15, 0.2) is 11.5 Å². The standard InChI is InChI=1S/C24H32N2O3/c1-4-14-29-22-11-10-20(16-23(22)28-3)18(2)25-24(27)21-9-7-8-19(15-21)17-26-12-5-6-13-26/h7-11,15-16,18H,4-6,12-14,17H2,1-3H3,(H,25,27). The first-order chi connectivity index (χ1) is 14.1. The van der Waals surface area contributed by atoms with E-state index in [1.54, 1.807) is 7.11 Å². The van der Waals surface area contributed by atoms with E-state index < -0.39 is 0 Å². The number of carbonyl (C=O) groups is 1. The lowest BCUT2D eigenvalue weighted by atomic mass is 10.1. The molecular weight excluding hydrogens is 364 g/mol. The molecule has 3 rings (SSSR count). The number of nitrogens with zero attached hydrogens (tertiary/aromatic N) is 1. The van der Waals surface area contributed by atoms with Crippen LogP contribution in [0.5, 0.6) is 11.5 Å². The van der Waals surface area contributed by atoms with Gasteiger partial charge in [-0.3, -0.25) is 9.69 Å². The van der Waals surface area contributed by atoms with Crippen molar-refractivity contribution in [1.29, 1.82) is 0 Å². The summed E-state index contributed by atoms with van der Waals surface area (Å²) in [5.74, 6) is 1.35. The van der Waals surface area contributed by atoms with Gasteiger partial charge in [-0.25, -0.2) is 0 Å². The van der Waals surface area contributed by atoms with Crippen molar-refractivity contribution in [2.45, 2.75) is 45.7 Å². The molecule has 0 radical (unpaired) electrons. The quantitative estimate of drug-likeness (QED) is 0.675. The summed E-state index contributed by atoms with van der Waals surface area (Å²) >= 11 is 0. The Balaban J connectivity index is 1.65. The predicted octanol–water partition coefficient (Wildman–Crippen LogP) is 4.57. The summed E-state index contributed by atoms with van der Waals surface area (Å²) in [5, 5.41) is 3.10. The Bertz CT molecular complexity index is 816. The van der Waals surface area contributed by atoms with Crippen molar-refractivity contribution in [3.8, 4) is 11.5 Å². The van der Waals surface area contributed by atoms with Gasteiger partial charge < -0.3 is 14.8 Å². The van der Waals surface area contributed by atoms with Crippen LogP contribution < -0.4 is 14.8 Å². The van der Waals surface area contributed by atoms with Crippen molar-refractivity contribution in [1.82, 2.24) is 10.2 Å². The number of nitrogens with one attached hydrogen (secondary N) is 1. The molecule has 1 heterocycles. The fourth-order valence-corrected chi connectivity index (χ4v) is 3.66. The number of ether oxygens (including phenoxy) is 2. The van der Waals surface area contributed by atoms with Crippen molar-refractivity contribution in [3.63, 3.8) is 0 Å². The Morgan fingerprint density at radius 3 is 2.66 bits per heavy atom. The van der Waals surface area contributed by atoms with Crippen LogP contribution >= 0.6 is 0 Å². The Kier molecular flexibility index (Phi) is 7.53. The Morgan fingerprint density at radius 1 is 1.14 bits per heavy atom. The van der Waals surface area contributed by atoms with Crippen LogP contribution in [0.1, 0.15) is 60.6 Å². The van der Waals surface area contributed by atoms with Gasteiger partial charge in [0.2, 0.25) is 0 Å². The van der Waals surface area contributed by atoms with Gasteiger partial charge in [0.05, 0.1) is 19.8 Å². The van der Waals surface area contributed by atoms with Crippen molar-refractivity contribution in [2.75, 3.05) is 26.8 Å². The van der Waals surface area contributed by atoms with Crippen LogP contribution in [0.15, 0.2) is 42.5 Å². The molecule has 0 bridgehead atoms. The zero-order chi connectivity index (χ0) is 20.6. The van der Waals surface area contributed by atoms with Crippen molar-refractivity contribution >= 4 is 5.91 Å². The lowest BCUT2D eigenvalue weighted by Crippen LogP contribution is -2.27. The van der Waals surface area contributed by atoms with E-state index >= 15 is 0 Å². The van der Waals surface area contributed by atoms with Gasteiger partial charge in [0.1, 0.15) is 0 Å². The third kappa shape index (κ3) is 5.73. The van der Waals surface area contributed by atoms with Gasteiger partial charge in [-0.15, -0.1) is 0 Å². The second-order valence-electron chi connectivity index (χ2n) is 7.64. The maximum Gasteiger partial charge on any atom is 0.251 e. The van der Waals surface area contributed by atoms with E-state index in [1.165, 1.54) is 18.4 Å². The minimum Gasteiger partial charge on any atom is -0.493 e. The predicted molar refractivity (Wildman–Crippen MR) is 116 cm³/mol. The molecule has 1 N–H and O–H groups in total. The van der Waals surface area contributed by atoms with E-state index in [0.29, 0.717) is 17.9 Å². The van der Waals surface area contributed by atoms with Gasteiger partial charge in [0, 0.05) is 12.1 Å². The van der Waals surface area contributed by atoms with Gasteiger partial charge in [-0.2, -0.15) is 0 Å². The molecule has 156 valence electrons. The number of rotatable bonds is 9. The first kappa shape index (κ1) is 21.2. The van der Waals surface area contributed by atoms with E-state index in [9.17, 15) is 4.79 Å². The van der Waals surface area contributed by atoms with Crippen LogP contribution in [0.2, 0.25) is 0 Å². The molecule has 1 aliphatic heterocycles. The molecular formula is C24H32N2O3. The smallest absolute Gasteiger partial charge is 0.251 e. The highest BCUT2D eigenvalue weighted by atomic mass is 16.5. The van der Waals surface area contributed by atoms with Gasteiger partial charge >= 0.3 is 0 Å². The second kappa shape index (κ2) is 10.3. The number of hydrogen-bond donors (Lipinski definition) is 1. The summed E-state index contributed by atoms with van der Waals surface area (Å²) < 4.78 is 11.2. The molecule has 0 spiro atoms. The first-order valence-corrected chi connectivity index (χ1v) is 10.5. The summed E-state index contributed by atoms with van der Waals surface area (Å²) in [6.45, 7) is 7.90. The SMILES string of the molecule is CCCOc1ccc(C(C)NC(=O)c2cccc(CN3CCCC3)c2)cc1OC. The molecule has 1 unspecified atom stereocenters. The van der Waals surface area contributed by atoms with Crippen LogP contribution in [0, 0.1) is 0 Å². The molecule has 2 aromatic carbocycles. The van der Waals surface area contributed by atoms with E-state index in [1.807, 2.05) is 43.3 Å². The summed E-state index contributed by atoms with van der Waals surface area (Å²) in [5.41, 5.74) is 2.86. The molecule has 5 nitrogen and oxygen atoms in total. The number of amides is 1. The second-order valence-corrected chi connectivity index (χ2v) is 7.64. The van der Waals surface area contributed by atoms with Gasteiger partial charge in [-0.1, -0.05) is 25.1 Å². The Morgan fingerprint density at radius 2 is 1.93 bits per heavy atom. The van der Waals surface area contributed by atoms with Crippen LogP contribution in [-0.4, -0.2) is 37.6 Å². The average Bonchev–Trinajstić information content (AvgIpc) is 3.25. The zero-order valence-corrected chi connectivity index (χ0v) is 17.7. The van der Waals surface area contributed by atoms with Crippen LogP contribution in [0.4, 0.5) is 0 Å². The normalized spacial score (nSPS) is 15.1. The van der Waals surface area contributed by atoms with Crippen LogP contribution in [0.25, 0.3) is 0 Å². The Labute approximate surface area is 174 Å². The largest absolute Gasteiger partial charge is 0.493 e. The number of benzene rings is 2. The maximum atomic E-state index is 12.8. The Hall–Kier alpha value is -2.53. The zero-order valence-electron chi connectivity index (χ0n) is 17.7. The lowest BCUT2D eigenvalue weighted by Gasteiger charge is -2.18. The highest BCUT2D eigenvalue weighted by Crippen LogP contribution is 2.30. The highest BCUT2D eigenvalue weighted by Gasteiger charge is 2.16. The third-order valence-electron chi connectivity index (χ3n) is 5.29. The molecule has 1 atom stereocenters. The third-order valence-corrected chi connectivity index (χ3v) is 5.29. The molecule has 2 aromatic rings. The number of carbonyl (C=O) groups excluding carboxylic acids is 1. The van der Waals surface area contributed by atoms with E-state index in [2.05, 4.69) is 23.2 Å². The molecule has 0 aliphatic carbocycles. The van der Waals surface area contributed by atoms with E-state index in [-0.39, 0.29) is 11.9 Å². The van der Waals surface area contributed by atoms with E-state index in [4.69, 9.17) is 9.47 Å². The number of hydrogen-bond acceptors (Lipinski definition) is 4. The molecule has 1 fully saturated rings. The summed E-state index contributed by atoms with van der Waals surface area (Å²) in [7, 11) is 1.63. The maximum absolute atomic E-state index is 12.8. The molecule has 0 saturated carbocycles. The monoisotopic (exact) mass is 396 g/mol. The lowest BCUT2D eigenvalue weighted by molar-refractivity contribution is 0.0939. The highest BCUT2D eigenvalue weighted by molar-refractivity contribution is 5.94. The first-order valence-electron chi connectivity index (χ1n) is 10.5. The average molecular weight is 397 g/mol. The van der Waals surface area contributed by atoms with Crippen LogP contribution in [-0.2, 0) is 6.54 Å². The summed E-state index contributed by atoms with van der Waals surface area (Å²) in [6.07, 6.45) is 3.47. The summed E-state index contributed by atoms with van der Waals surface area (Å²) in [4.78, 5) is 15.2. The molecule has 1 saturated heterocycles. The van der Waals surface area contributed by atoms with Crippen molar-refractivity contribution in [2.24, 2.45) is 0 Å². The molecule has 1 amide bonds. The molecule has 0 aromatic heterocycles. The fourth-order valence-electron chi connectivity index (χ4n) is 3.66. The molecule has 5 heteroatoms. The van der Waals surface area contributed by atoms with E-state index in [0.717, 1.165) is 37.4 Å². The number of likely N-dealkylation sites (tertiary alicyclic amines) is 1. The van der Waals surface area contributed by atoms with Crippen LogP contribution in [0.3, 0.4) is 0 Å². The van der Waals surface area contributed by atoms with Crippen molar-refractivity contribution < 1.29 is 14.3 Å². The van der Waals surface area contributed by atoms with Gasteiger partial charge in [-0.05, 0) is 74.7 Å². The fraction of sp³-hybridized carbons (Fsp3) is 0.458. The minimum absolute atomic E-state index is 0.0638. The topological polar surface area (TPSA) is 50.8 Å². The molecule has 29 heavy (non-hydrogen) atoms. The minimum atomic E-state index is -0.140.